The molecule has 0 bridgehead atoms. The zero-order valence-electron chi connectivity index (χ0n) is 21.9. The Morgan fingerprint density at radius 3 is 2.77 bits per heavy atom. The second kappa shape index (κ2) is 9.93. The van der Waals surface area contributed by atoms with Crippen LogP contribution in [0.25, 0.3) is 27.6 Å². The van der Waals surface area contributed by atoms with E-state index in [0.717, 1.165) is 53.4 Å². The van der Waals surface area contributed by atoms with E-state index in [1.165, 1.54) is 6.20 Å². The summed E-state index contributed by atoms with van der Waals surface area (Å²) in [7, 11) is 1.77. The molecule has 0 radical (unpaired) electrons. The van der Waals surface area contributed by atoms with Crippen molar-refractivity contribution in [1.29, 1.82) is 0 Å². The minimum absolute atomic E-state index is 0.0119. The summed E-state index contributed by atoms with van der Waals surface area (Å²) in [5.41, 5.74) is 3.29. The molecular formula is C29H27N9O2. The number of pyridine rings is 1. The third-order valence-electron chi connectivity index (χ3n) is 7.03. The number of aryl methyl sites for hydroxylation is 1. The average molecular weight is 534 g/mol. The zero-order valence-corrected chi connectivity index (χ0v) is 21.9. The quantitative estimate of drug-likeness (QED) is 0.302. The van der Waals surface area contributed by atoms with Crippen LogP contribution in [0.4, 0.5) is 17.3 Å². The summed E-state index contributed by atoms with van der Waals surface area (Å²) in [5, 5.41) is 21.8. The Kier molecular flexibility index (Phi) is 5.97. The summed E-state index contributed by atoms with van der Waals surface area (Å²) in [5.74, 6) is 1.42. The number of ether oxygens (including phenoxy) is 1. The molecule has 4 aromatic heterocycles. The fraction of sp³-hybridized carbons (Fsp3) is 0.207. The lowest BCUT2D eigenvalue weighted by molar-refractivity contribution is -0.0366. The smallest absolute Gasteiger partial charge is 0.260 e. The fourth-order valence-corrected chi connectivity index (χ4v) is 5.08. The molecule has 40 heavy (non-hydrogen) atoms. The van der Waals surface area contributed by atoms with E-state index in [0.29, 0.717) is 23.0 Å². The van der Waals surface area contributed by atoms with Crippen molar-refractivity contribution in [2.24, 2.45) is 7.05 Å². The Labute approximate surface area is 229 Å². The van der Waals surface area contributed by atoms with Crippen molar-refractivity contribution in [2.75, 3.05) is 17.2 Å². The molecule has 1 fully saturated rings. The van der Waals surface area contributed by atoms with Gasteiger partial charge in [0.05, 0.1) is 29.0 Å². The third kappa shape index (κ3) is 4.46. The molecule has 2 N–H and O–H groups in total. The van der Waals surface area contributed by atoms with E-state index in [4.69, 9.17) is 9.84 Å². The molecule has 1 unspecified atom stereocenters. The lowest BCUT2D eigenvalue weighted by Gasteiger charge is -2.23. The highest BCUT2D eigenvalue weighted by Gasteiger charge is 2.19. The number of fused-ring (bicyclic) bond motifs is 2. The molecule has 7 rings (SSSR count). The number of hydrogen-bond acceptors (Lipinski definition) is 7. The Balaban J connectivity index is 1.18. The molecule has 200 valence electrons. The van der Waals surface area contributed by atoms with Crippen molar-refractivity contribution in [3.63, 3.8) is 0 Å². The summed E-state index contributed by atoms with van der Waals surface area (Å²) in [6.07, 6.45) is 8.27. The van der Waals surface area contributed by atoms with Crippen LogP contribution in [0.1, 0.15) is 35.8 Å². The molecule has 1 atom stereocenters. The summed E-state index contributed by atoms with van der Waals surface area (Å²) in [6.45, 7) is 0.774. The molecule has 1 saturated heterocycles. The Bertz CT molecular complexity index is 1850. The van der Waals surface area contributed by atoms with Crippen LogP contribution >= 0.6 is 0 Å². The third-order valence-corrected chi connectivity index (χ3v) is 7.03. The van der Waals surface area contributed by atoms with E-state index < -0.39 is 0 Å². The maximum Gasteiger partial charge on any atom is 0.260 e. The predicted octanol–water partition coefficient (Wildman–Crippen LogP) is 5.20. The van der Waals surface area contributed by atoms with Crippen LogP contribution in [0.2, 0.25) is 0 Å². The monoisotopic (exact) mass is 533 g/mol. The van der Waals surface area contributed by atoms with E-state index in [1.807, 2.05) is 53.3 Å². The number of anilines is 3. The van der Waals surface area contributed by atoms with Gasteiger partial charge in [0.15, 0.2) is 17.9 Å². The first-order valence-corrected chi connectivity index (χ1v) is 13.2. The van der Waals surface area contributed by atoms with Crippen molar-refractivity contribution in [2.45, 2.75) is 25.5 Å². The van der Waals surface area contributed by atoms with Gasteiger partial charge < -0.3 is 15.4 Å². The van der Waals surface area contributed by atoms with Gasteiger partial charge in [-0.1, -0.05) is 18.2 Å². The molecule has 0 aliphatic carbocycles. The van der Waals surface area contributed by atoms with Crippen molar-refractivity contribution < 1.29 is 9.53 Å². The number of carbonyl (C=O) groups excluding carboxylic acids is 1. The molecule has 2 aromatic carbocycles. The number of hydrogen-bond donors (Lipinski definition) is 2. The first kappa shape index (κ1) is 24.0. The molecule has 11 heteroatoms. The van der Waals surface area contributed by atoms with E-state index in [-0.39, 0.29) is 12.1 Å². The van der Waals surface area contributed by atoms with Crippen molar-refractivity contribution in [3.05, 3.63) is 84.8 Å². The summed E-state index contributed by atoms with van der Waals surface area (Å²) < 4.78 is 11.3. The van der Waals surface area contributed by atoms with Crippen LogP contribution < -0.4 is 10.6 Å². The van der Waals surface area contributed by atoms with Crippen LogP contribution in [0.5, 0.6) is 0 Å². The first-order chi connectivity index (χ1) is 19.6. The van der Waals surface area contributed by atoms with Gasteiger partial charge in [-0.25, -0.2) is 14.3 Å². The van der Waals surface area contributed by atoms with Crippen LogP contribution in [0, 0.1) is 0 Å². The normalized spacial score (nSPS) is 15.5. The highest BCUT2D eigenvalue weighted by molar-refractivity contribution is 6.03. The summed E-state index contributed by atoms with van der Waals surface area (Å²) >= 11 is 0. The number of para-hydroxylation sites is 1. The second-order valence-corrected chi connectivity index (χ2v) is 9.82. The minimum Gasteiger partial charge on any atom is -0.356 e. The van der Waals surface area contributed by atoms with E-state index >= 15 is 0 Å². The molecular weight excluding hydrogens is 506 g/mol. The van der Waals surface area contributed by atoms with E-state index in [9.17, 15) is 4.79 Å². The van der Waals surface area contributed by atoms with Crippen LogP contribution in [0.3, 0.4) is 0 Å². The fourth-order valence-electron chi connectivity index (χ4n) is 5.08. The number of benzene rings is 2. The topological polar surface area (TPSA) is 117 Å². The molecule has 0 spiro atoms. The largest absolute Gasteiger partial charge is 0.356 e. The van der Waals surface area contributed by atoms with E-state index in [2.05, 4.69) is 37.9 Å². The lowest BCUT2D eigenvalue weighted by Crippen LogP contribution is -2.18. The van der Waals surface area contributed by atoms with Crippen molar-refractivity contribution in [1.82, 2.24) is 34.3 Å². The number of aromatic nitrogens is 7. The van der Waals surface area contributed by atoms with Gasteiger partial charge in [-0.2, -0.15) is 10.2 Å². The first-order valence-electron chi connectivity index (χ1n) is 13.2. The number of amides is 1. The van der Waals surface area contributed by atoms with Gasteiger partial charge in [0, 0.05) is 36.3 Å². The standard InChI is InChI=1S/C29H27N9O2/c1-36-18-20(17-30-36)29(39)34-25-9-6-10-26(33-25)37-24-8-3-2-7-22(24)28(35-37)32-21-12-13-23-19(15-21)16-31-38(23)27-11-4-5-14-40-27/h2-3,6-10,12-13,15-18,27H,4-5,11,14H2,1H3,(H,32,35)(H,33,34,39). The molecule has 1 aliphatic rings. The van der Waals surface area contributed by atoms with Crippen LogP contribution in [0.15, 0.2) is 79.3 Å². The van der Waals surface area contributed by atoms with Gasteiger partial charge in [0.2, 0.25) is 0 Å². The number of rotatable bonds is 6. The Hall–Kier alpha value is -5.03. The van der Waals surface area contributed by atoms with Gasteiger partial charge in [-0.15, -0.1) is 5.10 Å². The maximum atomic E-state index is 12.6. The van der Waals surface area contributed by atoms with Gasteiger partial charge in [0.1, 0.15) is 5.82 Å². The number of carbonyl (C=O) groups is 1. The molecule has 6 aromatic rings. The second-order valence-electron chi connectivity index (χ2n) is 9.82. The van der Waals surface area contributed by atoms with Crippen molar-refractivity contribution in [3.8, 4) is 5.82 Å². The molecule has 0 saturated carbocycles. The van der Waals surface area contributed by atoms with Gasteiger partial charge in [-0.3, -0.25) is 9.48 Å². The molecule has 5 heterocycles. The van der Waals surface area contributed by atoms with Crippen LogP contribution in [-0.4, -0.2) is 46.8 Å². The van der Waals surface area contributed by atoms with Gasteiger partial charge in [0.25, 0.3) is 5.91 Å². The maximum absolute atomic E-state index is 12.6. The van der Waals surface area contributed by atoms with Gasteiger partial charge in [-0.05, 0) is 61.7 Å². The van der Waals surface area contributed by atoms with Crippen LogP contribution in [-0.2, 0) is 11.8 Å². The summed E-state index contributed by atoms with van der Waals surface area (Å²) in [6, 6.07) is 19.6. The van der Waals surface area contributed by atoms with Crippen molar-refractivity contribution >= 4 is 45.0 Å². The predicted molar refractivity (Wildman–Crippen MR) is 152 cm³/mol. The highest BCUT2D eigenvalue weighted by atomic mass is 16.5. The average Bonchev–Trinajstić information content (AvgIpc) is 3.71. The lowest BCUT2D eigenvalue weighted by atomic mass is 10.2. The molecule has 11 nitrogen and oxygen atoms in total. The van der Waals surface area contributed by atoms with E-state index in [1.54, 1.807) is 28.7 Å². The van der Waals surface area contributed by atoms with Gasteiger partial charge >= 0.3 is 0 Å². The Morgan fingerprint density at radius 2 is 1.93 bits per heavy atom. The number of nitrogens with zero attached hydrogens (tertiary/aromatic N) is 7. The highest BCUT2D eigenvalue weighted by Crippen LogP contribution is 2.31. The minimum atomic E-state index is -0.279. The molecule has 1 aliphatic heterocycles. The number of nitrogens with one attached hydrogen (secondary N) is 2. The SMILES string of the molecule is Cn1cc(C(=O)Nc2cccc(-n3nc(Nc4ccc5c(cnn5C5CCCCO5)c4)c4ccccc43)n2)cn1. The zero-order chi connectivity index (χ0) is 27.1. The summed E-state index contributed by atoms with van der Waals surface area (Å²) in [4.78, 5) is 17.3. The molecule has 1 amide bonds. The Morgan fingerprint density at radius 1 is 1.00 bits per heavy atom.